The quantitative estimate of drug-likeness (QED) is 0.694. The SMILES string of the molecule is C/C(=N/NC(=O)Cn1cncn1)c1ccc(Cl)cc1Cl. The third-order valence-corrected chi connectivity index (χ3v) is 2.99. The van der Waals surface area contributed by atoms with Crippen LogP contribution in [0.2, 0.25) is 10.0 Å². The van der Waals surface area contributed by atoms with E-state index in [9.17, 15) is 4.79 Å². The van der Waals surface area contributed by atoms with Crippen LogP contribution in [-0.2, 0) is 11.3 Å². The molecule has 0 saturated heterocycles. The van der Waals surface area contributed by atoms with Gasteiger partial charge in [-0.1, -0.05) is 29.3 Å². The minimum Gasteiger partial charge on any atom is -0.271 e. The van der Waals surface area contributed by atoms with Crippen molar-refractivity contribution < 1.29 is 4.79 Å². The summed E-state index contributed by atoms with van der Waals surface area (Å²) in [7, 11) is 0. The molecule has 20 heavy (non-hydrogen) atoms. The van der Waals surface area contributed by atoms with Gasteiger partial charge in [-0.05, 0) is 19.1 Å². The lowest BCUT2D eigenvalue weighted by Gasteiger charge is -2.05. The van der Waals surface area contributed by atoms with Gasteiger partial charge in [0.25, 0.3) is 5.91 Å². The van der Waals surface area contributed by atoms with E-state index in [0.29, 0.717) is 21.3 Å². The van der Waals surface area contributed by atoms with Gasteiger partial charge in [0, 0.05) is 10.6 Å². The number of halogens is 2. The van der Waals surface area contributed by atoms with Crippen LogP contribution in [0.4, 0.5) is 0 Å². The Morgan fingerprint density at radius 1 is 1.45 bits per heavy atom. The Balaban J connectivity index is 2.01. The summed E-state index contributed by atoms with van der Waals surface area (Å²) in [6, 6.07) is 5.07. The van der Waals surface area contributed by atoms with Crippen LogP contribution < -0.4 is 5.43 Å². The first kappa shape index (κ1) is 14.5. The monoisotopic (exact) mass is 311 g/mol. The van der Waals surface area contributed by atoms with E-state index in [-0.39, 0.29) is 12.5 Å². The number of carbonyl (C=O) groups is 1. The van der Waals surface area contributed by atoms with E-state index in [2.05, 4.69) is 20.6 Å². The zero-order chi connectivity index (χ0) is 14.5. The van der Waals surface area contributed by atoms with E-state index in [1.165, 1.54) is 17.3 Å². The van der Waals surface area contributed by atoms with E-state index < -0.39 is 0 Å². The highest BCUT2D eigenvalue weighted by atomic mass is 35.5. The van der Waals surface area contributed by atoms with Crippen LogP contribution in [-0.4, -0.2) is 26.4 Å². The lowest BCUT2D eigenvalue weighted by molar-refractivity contribution is -0.121. The summed E-state index contributed by atoms with van der Waals surface area (Å²) >= 11 is 11.9. The zero-order valence-electron chi connectivity index (χ0n) is 10.5. The summed E-state index contributed by atoms with van der Waals surface area (Å²) in [5, 5.41) is 8.84. The zero-order valence-corrected chi connectivity index (χ0v) is 12.1. The third kappa shape index (κ3) is 3.79. The summed E-state index contributed by atoms with van der Waals surface area (Å²) in [4.78, 5) is 15.4. The van der Waals surface area contributed by atoms with Gasteiger partial charge in [0.2, 0.25) is 0 Å². The summed E-state index contributed by atoms with van der Waals surface area (Å²) in [5.41, 5.74) is 3.72. The lowest BCUT2D eigenvalue weighted by atomic mass is 10.1. The van der Waals surface area contributed by atoms with Crippen LogP contribution in [0.5, 0.6) is 0 Å². The summed E-state index contributed by atoms with van der Waals surface area (Å²) in [5.74, 6) is -0.306. The average molecular weight is 312 g/mol. The second-order valence-electron chi connectivity index (χ2n) is 3.95. The van der Waals surface area contributed by atoms with Gasteiger partial charge in [0.15, 0.2) is 0 Å². The number of aromatic nitrogens is 3. The molecule has 0 atom stereocenters. The number of benzene rings is 1. The first-order chi connectivity index (χ1) is 9.56. The molecule has 0 saturated carbocycles. The van der Waals surface area contributed by atoms with Crippen molar-refractivity contribution in [1.82, 2.24) is 20.2 Å². The van der Waals surface area contributed by atoms with E-state index in [1.807, 2.05) is 0 Å². The molecule has 1 amide bonds. The largest absolute Gasteiger partial charge is 0.271 e. The first-order valence-electron chi connectivity index (χ1n) is 5.67. The van der Waals surface area contributed by atoms with Crippen molar-refractivity contribution in [2.24, 2.45) is 5.10 Å². The molecule has 0 aliphatic rings. The van der Waals surface area contributed by atoms with E-state index >= 15 is 0 Å². The van der Waals surface area contributed by atoms with E-state index in [4.69, 9.17) is 23.2 Å². The van der Waals surface area contributed by atoms with Gasteiger partial charge in [0.1, 0.15) is 19.2 Å². The number of carbonyl (C=O) groups excluding carboxylic acids is 1. The fourth-order valence-corrected chi connectivity index (χ4v) is 2.03. The van der Waals surface area contributed by atoms with Crippen molar-refractivity contribution in [3.8, 4) is 0 Å². The number of hydrogen-bond acceptors (Lipinski definition) is 4. The lowest BCUT2D eigenvalue weighted by Crippen LogP contribution is -2.24. The van der Waals surface area contributed by atoms with Crippen LogP contribution in [0.25, 0.3) is 0 Å². The highest BCUT2D eigenvalue weighted by molar-refractivity contribution is 6.37. The van der Waals surface area contributed by atoms with Crippen LogP contribution in [0, 0.1) is 0 Å². The summed E-state index contributed by atoms with van der Waals surface area (Å²) in [6.07, 6.45) is 2.81. The van der Waals surface area contributed by atoms with Crippen molar-refractivity contribution >= 4 is 34.8 Å². The van der Waals surface area contributed by atoms with Crippen LogP contribution in [0.1, 0.15) is 12.5 Å². The van der Waals surface area contributed by atoms with Crippen molar-refractivity contribution in [1.29, 1.82) is 0 Å². The topological polar surface area (TPSA) is 72.2 Å². The number of nitrogens with one attached hydrogen (secondary N) is 1. The average Bonchev–Trinajstić information content (AvgIpc) is 2.89. The minimum atomic E-state index is -0.306. The first-order valence-corrected chi connectivity index (χ1v) is 6.43. The molecule has 2 rings (SSSR count). The Bertz CT molecular complexity index is 639. The van der Waals surface area contributed by atoms with Gasteiger partial charge in [-0.25, -0.2) is 15.1 Å². The van der Waals surface area contributed by atoms with Gasteiger partial charge < -0.3 is 0 Å². The second kappa shape index (κ2) is 6.49. The molecule has 1 heterocycles. The minimum absolute atomic E-state index is 0.0468. The normalized spacial score (nSPS) is 11.4. The fraction of sp³-hybridized carbons (Fsp3) is 0.167. The molecule has 2 aromatic rings. The molecule has 0 unspecified atom stereocenters. The Morgan fingerprint density at radius 3 is 2.90 bits per heavy atom. The molecule has 6 nitrogen and oxygen atoms in total. The van der Waals surface area contributed by atoms with Crippen LogP contribution in [0.3, 0.4) is 0 Å². The molecule has 1 N–H and O–H groups in total. The van der Waals surface area contributed by atoms with E-state index in [1.54, 1.807) is 25.1 Å². The highest BCUT2D eigenvalue weighted by Gasteiger charge is 2.06. The Morgan fingerprint density at radius 2 is 2.25 bits per heavy atom. The molecule has 104 valence electrons. The molecular weight excluding hydrogens is 301 g/mol. The maximum atomic E-state index is 11.6. The molecule has 0 aliphatic carbocycles. The highest BCUT2D eigenvalue weighted by Crippen LogP contribution is 2.21. The number of amides is 1. The molecule has 0 spiro atoms. The van der Waals surface area contributed by atoms with Gasteiger partial charge in [-0.2, -0.15) is 10.2 Å². The van der Waals surface area contributed by atoms with Gasteiger partial charge in [-0.3, -0.25) is 4.79 Å². The molecule has 1 aromatic heterocycles. The van der Waals surface area contributed by atoms with Crippen molar-refractivity contribution in [2.45, 2.75) is 13.5 Å². The molecule has 0 radical (unpaired) electrons. The number of rotatable bonds is 4. The maximum Gasteiger partial charge on any atom is 0.261 e. The Hall–Kier alpha value is -1.92. The van der Waals surface area contributed by atoms with Gasteiger partial charge >= 0.3 is 0 Å². The van der Waals surface area contributed by atoms with Crippen LogP contribution in [0.15, 0.2) is 36.0 Å². The number of nitrogens with zero attached hydrogens (tertiary/aromatic N) is 4. The number of hydrazone groups is 1. The molecule has 0 fully saturated rings. The Kier molecular flexibility index (Phi) is 4.70. The van der Waals surface area contributed by atoms with Crippen molar-refractivity contribution in [3.63, 3.8) is 0 Å². The van der Waals surface area contributed by atoms with Crippen LogP contribution >= 0.6 is 23.2 Å². The Labute approximate surface area is 125 Å². The fourth-order valence-electron chi connectivity index (χ4n) is 1.49. The predicted octanol–water partition coefficient (Wildman–Crippen LogP) is 2.13. The molecule has 0 aliphatic heterocycles. The molecule has 8 heteroatoms. The van der Waals surface area contributed by atoms with Gasteiger partial charge in [0.05, 0.1) is 10.7 Å². The standard InChI is InChI=1S/C12H11Cl2N5O/c1-8(10-3-2-9(13)4-11(10)14)17-18-12(20)5-19-7-15-6-16-19/h2-4,6-7H,5H2,1H3,(H,18,20)/b17-8-. The maximum absolute atomic E-state index is 11.6. The molecular formula is C12H11Cl2N5O. The van der Waals surface area contributed by atoms with Gasteiger partial charge in [-0.15, -0.1) is 0 Å². The van der Waals surface area contributed by atoms with E-state index in [0.717, 1.165) is 0 Å². The third-order valence-electron chi connectivity index (χ3n) is 2.44. The van der Waals surface area contributed by atoms with Crippen molar-refractivity contribution in [2.75, 3.05) is 0 Å². The predicted molar refractivity (Wildman–Crippen MR) is 76.8 cm³/mol. The molecule has 0 bridgehead atoms. The number of hydrogen-bond donors (Lipinski definition) is 1. The molecule has 1 aromatic carbocycles. The summed E-state index contributed by atoms with van der Waals surface area (Å²) in [6.45, 7) is 1.79. The summed E-state index contributed by atoms with van der Waals surface area (Å²) < 4.78 is 1.40. The second-order valence-corrected chi connectivity index (χ2v) is 4.79. The van der Waals surface area contributed by atoms with Crippen molar-refractivity contribution in [3.05, 3.63) is 46.5 Å². The smallest absolute Gasteiger partial charge is 0.261 e.